The zero-order valence-corrected chi connectivity index (χ0v) is 11.2. The van der Waals surface area contributed by atoms with Crippen LogP contribution in [0.1, 0.15) is 39.2 Å². The molecule has 0 heterocycles. The quantitative estimate of drug-likeness (QED) is 0.617. The molecule has 0 bridgehead atoms. The van der Waals surface area contributed by atoms with Gasteiger partial charge < -0.3 is 5.32 Å². The van der Waals surface area contributed by atoms with Crippen molar-refractivity contribution >= 4 is 11.4 Å². The normalized spacial score (nSPS) is 12.8. The average Bonchev–Trinajstić information content (AvgIpc) is 2.27. The zero-order valence-electron chi connectivity index (χ0n) is 11.2. The van der Waals surface area contributed by atoms with Crippen LogP contribution in [0, 0.1) is 16.0 Å². The van der Waals surface area contributed by atoms with E-state index in [4.69, 9.17) is 0 Å². The van der Waals surface area contributed by atoms with Crippen LogP contribution >= 0.6 is 0 Å². The number of nitrogens with zero attached hydrogens (tertiary/aromatic N) is 1. The molecule has 4 nitrogen and oxygen atoms in total. The summed E-state index contributed by atoms with van der Waals surface area (Å²) in [4.78, 5) is 9.92. The first-order valence-corrected chi connectivity index (χ1v) is 6.14. The van der Waals surface area contributed by atoms with Gasteiger partial charge in [-0.2, -0.15) is 0 Å². The molecule has 1 atom stereocenters. The van der Waals surface area contributed by atoms with Crippen molar-refractivity contribution in [2.75, 3.05) is 5.32 Å². The molecular weight excluding hydrogens is 254 g/mol. The van der Waals surface area contributed by atoms with E-state index in [0.717, 1.165) is 12.5 Å². The highest BCUT2D eigenvalue weighted by atomic mass is 19.3. The maximum Gasteiger partial charge on any atom is 0.270 e. The molecule has 0 aliphatic rings. The molecule has 0 aliphatic carbocycles. The number of anilines is 1. The van der Waals surface area contributed by atoms with Gasteiger partial charge in [0, 0.05) is 29.4 Å². The van der Waals surface area contributed by atoms with Crippen LogP contribution in [0.2, 0.25) is 0 Å². The standard InChI is InChI=1S/C13H18F2N2O2/c1-8(2)6-9(3)16-12-5-4-10(17(18)19)7-11(12)13(14)15/h4-5,7-9,13,16H,6H2,1-3H3. The Labute approximate surface area is 111 Å². The minimum atomic E-state index is -2.74. The van der Waals surface area contributed by atoms with Crippen molar-refractivity contribution < 1.29 is 13.7 Å². The lowest BCUT2D eigenvalue weighted by Crippen LogP contribution is -2.18. The molecule has 0 radical (unpaired) electrons. The van der Waals surface area contributed by atoms with Crippen molar-refractivity contribution in [2.24, 2.45) is 5.92 Å². The Morgan fingerprint density at radius 2 is 1.95 bits per heavy atom. The Hall–Kier alpha value is -1.72. The number of nitrogens with one attached hydrogen (secondary N) is 1. The molecule has 0 amide bonds. The lowest BCUT2D eigenvalue weighted by atomic mass is 10.0. The van der Waals surface area contributed by atoms with Crippen LogP contribution in [-0.4, -0.2) is 11.0 Å². The topological polar surface area (TPSA) is 55.2 Å². The summed E-state index contributed by atoms with van der Waals surface area (Å²) >= 11 is 0. The van der Waals surface area contributed by atoms with Gasteiger partial charge >= 0.3 is 0 Å². The maximum absolute atomic E-state index is 12.9. The molecule has 0 spiro atoms. The Balaban J connectivity index is 2.97. The maximum atomic E-state index is 12.9. The van der Waals surface area contributed by atoms with Crippen molar-refractivity contribution in [2.45, 2.75) is 39.7 Å². The van der Waals surface area contributed by atoms with Gasteiger partial charge in [0.15, 0.2) is 0 Å². The first kappa shape index (κ1) is 15.3. The largest absolute Gasteiger partial charge is 0.382 e. The smallest absolute Gasteiger partial charge is 0.270 e. The highest BCUT2D eigenvalue weighted by Gasteiger charge is 2.19. The number of hydrogen-bond acceptors (Lipinski definition) is 3. The number of non-ortho nitro benzene ring substituents is 1. The van der Waals surface area contributed by atoms with Crippen LogP contribution in [0.4, 0.5) is 20.2 Å². The van der Waals surface area contributed by atoms with Crippen LogP contribution < -0.4 is 5.32 Å². The van der Waals surface area contributed by atoms with Crippen molar-refractivity contribution in [3.05, 3.63) is 33.9 Å². The van der Waals surface area contributed by atoms with Gasteiger partial charge in [-0.25, -0.2) is 8.78 Å². The fourth-order valence-electron chi connectivity index (χ4n) is 2.01. The number of nitro benzene ring substituents is 1. The highest BCUT2D eigenvalue weighted by molar-refractivity contribution is 5.57. The monoisotopic (exact) mass is 272 g/mol. The van der Waals surface area contributed by atoms with Crippen LogP contribution in [0.15, 0.2) is 18.2 Å². The number of halogens is 2. The number of rotatable bonds is 6. The summed E-state index contributed by atoms with van der Waals surface area (Å²) in [5.41, 5.74) is -0.393. The minimum absolute atomic E-state index is 0.0268. The van der Waals surface area contributed by atoms with E-state index >= 15 is 0 Å². The van der Waals surface area contributed by atoms with Gasteiger partial charge in [-0.1, -0.05) is 13.8 Å². The van der Waals surface area contributed by atoms with E-state index in [1.54, 1.807) is 0 Å². The number of nitro groups is 1. The summed E-state index contributed by atoms with van der Waals surface area (Å²) in [6, 6.07) is 3.53. The summed E-state index contributed by atoms with van der Waals surface area (Å²) in [5.74, 6) is 0.440. The van der Waals surface area contributed by atoms with E-state index in [-0.39, 0.29) is 23.0 Å². The number of hydrogen-bond donors (Lipinski definition) is 1. The SMILES string of the molecule is CC(C)CC(C)Nc1ccc([N+](=O)[O-])cc1C(F)F. The van der Waals surface area contributed by atoms with Gasteiger partial charge in [0.1, 0.15) is 0 Å². The lowest BCUT2D eigenvalue weighted by molar-refractivity contribution is -0.385. The Morgan fingerprint density at radius 3 is 2.42 bits per heavy atom. The third-order valence-electron chi connectivity index (χ3n) is 2.71. The predicted octanol–water partition coefficient (Wildman–Crippen LogP) is 4.38. The van der Waals surface area contributed by atoms with Crippen molar-refractivity contribution in [3.8, 4) is 0 Å². The molecule has 0 aromatic heterocycles. The number of benzene rings is 1. The lowest BCUT2D eigenvalue weighted by Gasteiger charge is -2.19. The summed E-state index contributed by atoms with van der Waals surface area (Å²) in [6.45, 7) is 5.99. The second-order valence-corrected chi connectivity index (χ2v) is 5.00. The van der Waals surface area contributed by atoms with Gasteiger partial charge in [-0.3, -0.25) is 10.1 Å². The van der Waals surface area contributed by atoms with Crippen molar-refractivity contribution in [1.29, 1.82) is 0 Å². The van der Waals surface area contributed by atoms with Gasteiger partial charge in [0.2, 0.25) is 0 Å². The second kappa shape index (κ2) is 6.45. The van der Waals surface area contributed by atoms with Crippen molar-refractivity contribution in [1.82, 2.24) is 0 Å². The summed E-state index contributed by atoms with van der Waals surface area (Å²) in [7, 11) is 0. The van der Waals surface area contributed by atoms with E-state index in [1.807, 2.05) is 20.8 Å². The fourth-order valence-corrected chi connectivity index (χ4v) is 2.01. The molecule has 1 aromatic rings. The number of alkyl halides is 2. The summed E-state index contributed by atoms with van der Waals surface area (Å²) in [6.07, 6.45) is -1.91. The van der Waals surface area contributed by atoms with Gasteiger partial charge in [-0.05, 0) is 25.3 Å². The molecule has 0 aliphatic heterocycles. The second-order valence-electron chi connectivity index (χ2n) is 5.00. The molecule has 0 saturated carbocycles. The van der Waals surface area contributed by atoms with Gasteiger partial charge in [0.05, 0.1) is 4.92 Å². The Morgan fingerprint density at radius 1 is 1.32 bits per heavy atom. The van der Waals surface area contributed by atoms with Crippen LogP contribution in [-0.2, 0) is 0 Å². The van der Waals surface area contributed by atoms with E-state index in [9.17, 15) is 18.9 Å². The Bertz CT molecular complexity index is 450. The third-order valence-corrected chi connectivity index (χ3v) is 2.71. The molecule has 1 rings (SSSR count). The predicted molar refractivity (Wildman–Crippen MR) is 70.6 cm³/mol. The molecule has 1 unspecified atom stereocenters. The van der Waals surface area contributed by atoms with Crippen LogP contribution in [0.25, 0.3) is 0 Å². The molecule has 1 aromatic carbocycles. The molecule has 0 fully saturated rings. The minimum Gasteiger partial charge on any atom is -0.382 e. The molecule has 106 valence electrons. The molecule has 6 heteroatoms. The highest BCUT2D eigenvalue weighted by Crippen LogP contribution is 2.31. The van der Waals surface area contributed by atoms with Gasteiger partial charge in [-0.15, -0.1) is 0 Å². The first-order chi connectivity index (χ1) is 8.81. The van der Waals surface area contributed by atoms with Crippen LogP contribution in [0.5, 0.6) is 0 Å². The zero-order chi connectivity index (χ0) is 14.6. The van der Waals surface area contributed by atoms with E-state index in [0.29, 0.717) is 5.92 Å². The molecular formula is C13H18F2N2O2. The molecule has 0 saturated heterocycles. The Kier molecular flexibility index (Phi) is 5.20. The van der Waals surface area contributed by atoms with Gasteiger partial charge in [0.25, 0.3) is 12.1 Å². The molecule has 1 N–H and O–H groups in total. The van der Waals surface area contributed by atoms with Crippen LogP contribution in [0.3, 0.4) is 0 Å². The van der Waals surface area contributed by atoms with Crippen molar-refractivity contribution in [3.63, 3.8) is 0 Å². The summed E-state index contributed by atoms with van der Waals surface area (Å²) < 4.78 is 25.8. The summed E-state index contributed by atoms with van der Waals surface area (Å²) in [5, 5.41) is 13.6. The fraction of sp³-hybridized carbons (Fsp3) is 0.538. The average molecular weight is 272 g/mol. The third kappa shape index (κ3) is 4.46. The van der Waals surface area contributed by atoms with E-state index in [1.165, 1.54) is 12.1 Å². The molecule has 19 heavy (non-hydrogen) atoms. The van der Waals surface area contributed by atoms with E-state index in [2.05, 4.69) is 5.32 Å². The first-order valence-electron chi connectivity index (χ1n) is 6.14. The van der Waals surface area contributed by atoms with E-state index < -0.39 is 11.3 Å².